The molecule has 0 aliphatic carbocycles. The van der Waals surface area contributed by atoms with Gasteiger partial charge in [-0.25, -0.2) is 9.13 Å². The van der Waals surface area contributed by atoms with Crippen molar-refractivity contribution in [3.63, 3.8) is 0 Å². The van der Waals surface area contributed by atoms with Crippen molar-refractivity contribution in [2.24, 2.45) is 0 Å². The molecule has 0 aliphatic rings. The highest BCUT2D eigenvalue weighted by Crippen LogP contribution is 2.45. The second-order valence-electron chi connectivity index (χ2n) is 26.7. The molecule has 0 rings (SSSR count). The van der Waals surface area contributed by atoms with Crippen molar-refractivity contribution in [3.05, 3.63) is 0 Å². The Morgan fingerprint density at radius 3 is 0.634 bits per heavy atom. The van der Waals surface area contributed by atoms with Crippen molar-refractivity contribution in [2.45, 2.75) is 412 Å². The van der Waals surface area contributed by atoms with Gasteiger partial charge < -0.3 is 33.8 Å². The molecule has 0 spiro atoms. The summed E-state index contributed by atoms with van der Waals surface area (Å²) in [6.45, 7) is 4.86. The molecule has 552 valence electrons. The van der Waals surface area contributed by atoms with Crippen molar-refractivity contribution in [1.82, 2.24) is 0 Å². The summed E-state index contributed by atoms with van der Waals surface area (Å²) >= 11 is 0. The van der Waals surface area contributed by atoms with Crippen LogP contribution < -0.4 is 0 Å². The summed E-state index contributed by atoms with van der Waals surface area (Å²) < 4.78 is 68.1. The number of phosphoric ester groups is 2. The number of aliphatic hydroxyl groups is 1. The van der Waals surface area contributed by atoms with Crippen LogP contribution in [0.25, 0.3) is 0 Å². The summed E-state index contributed by atoms with van der Waals surface area (Å²) in [6.07, 6.45) is 58.9. The van der Waals surface area contributed by atoms with Crippen LogP contribution in [0, 0.1) is 0 Å². The maximum absolute atomic E-state index is 13.1. The number of esters is 4. The molecule has 0 bridgehead atoms. The largest absolute Gasteiger partial charge is 0.472 e. The molecule has 0 saturated heterocycles. The highest BCUT2D eigenvalue weighted by Gasteiger charge is 2.30. The molecule has 0 fully saturated rings. The van der Waals surface area contributed by atoms with Crippen LogP contribution in [0.2, 0.25) is 0 Å². The van der Waals surface area contributed by atoms with E-state index in [9.17, 15) is 43.2 Å². The fraction of sp³-hybridized carbons (Fsp3) is 0.946. The molecule has 0 aromatic carbocycles. The summed E-state index contributed by atoms with van der Waals surface area (Å²) in [5.41, 5.74) is 0. The van der Waals surface area contributed by atoms with Gasteiger partial charge in [-0.05, 0) is 25.7 Å². The SMILES string of the molecule is CCCCCCCCCCCCCCCCCCCCCCCC(=O)O[C@H](COC(=O)CCCCCCCCCCCCCCCCCCCC)COP(=O)(O)OC[C@@H](O)COP(=O)(O)OC[C@@H](COC(=O)CCCCCCC)OC(=O)CCCCCCCCCCC. The Labute approximate surface area is 568 Å². The van der Waals surface area contributed by atoms with Crippen molar-refractivity contribution >= 4 is 39.5 Å². The Hall–Kier alpha value is -1.94. The van der Waals surface area contributed by atoms with Crippen LogP contribution in [0.3, 0.4) is 0 Å². The van der Waals surface area contributed by atoms with Crippen molar-refractivity contribution in [1.29, 1.82) is 0 Å². The molecule has 0 aliphatic heterocycles. The second-order valence-corrected chi connectivity index (χ2v) is 29.6. The van der Waals surface area contributed by atoms with Gasteiger partial charge in [0.25, 0.3) is 0 Å². The van der Waals surface area contributed by atoms with Gasteiger partial charge in [-0.2, -0.15) is 0 Å². The minimum Gasteiger partial charge on any atom is -0.462 e. The summed E-state index contributed by atoms with van der Waals surface area (Å²) in [4.78, 5) is 72.3. The minimum absolute atomic E-state index is 0.105. The van der Waals surface area contributed by atoms with Gasteiger partial charge in [-0.1, -0.05) is 342 Å². The van der Waals surface area contributed by atoms with Gasteiger partial charge in [-0.3, -0.25) is 37.3 Å². The standard InChI is InChI=1S/C74H144O17P2/c1-5-9-13-17-20-23-25-27-29-31-33-34-35-37-39-41-43-46-49-53-57-61-74(79)91-70(65-85-72(77)59-55-51-47-45-42-40-38-36-32-30-28-26-24-21-18-14-10-6-2)67-89-93(82,83)87-63-68(75)62-86-92(80,81)88-66-69(64-84-71(76)58-54-50-16-12-8-4)90-73(78)60-56-52-48-44-22-19-15-11-7-3/h68-70,75H,5-67H2,1-4H3,(H,80,81)(H,82,83)/t68-,69+,70+/m0/s1. The monoisotopic (exact) mass is 1370 g/mol. The molecular weight excluding hydrogens is 1220 g/mol. The molecule has 0 amide bonds. The number of hydrogen-bond acceptors (Lipinski definition) is 15. The molecule has 5 atom stereocenters. The number of carbonyl (C=O) groups excluding carboxylic acids is 4. The fourth-order valence-electron chi connectivity index (χ4n) is 11.4. The average molecular weight is 1370 g/mol. The summed E-state index contributed by atoms with van der Waals surface area (Å²) in [6, 6.07) is 0. The van der Waals surface area contributed by atoms with E-state index < -0.39 is 97.5 Å². The molecule has 3 N–H and O–H groups in total. The fourth-order valence-corrected chi connectivity index (χ4v) is 13.0. The van der Waals surface area contributed by atoms with Crippen LogP contribution >= 0.6 is 15.6 Å². The zero-order valence-corrected chi connectivity index (χ0v) is 62.0. The third kappa shape index (κ3) is 68.4. The Kier molecular flexibility index (Phi) is 67.1. The van der Waals surface area contributed by atoms with Gasteiger partial charge in [0.05, 0.1) is 26.4 Å². The first-order valence-corrected chi connectivity index (χ1v) is 41.8. The van der Waals surface area contributed by atoms with Crippen LogP contribution in [-0.4, -0.2) is 96.7 Å². The lowest BCUT2D eigenvalue weighted by atomic mass is 10.0. The summed E-state index contributed by atoms with van der Waals surface area (Å²) in [7, 11) is -9.89. The van der Waals surface area contributed by atoms with E-state index in [-0.39, 0.29) is 25.7 Å². The van der Waals surface area contributed by atoms with E-state index in [4.69, 9.17) is 37.0 Å². The van der Waals surface area contributed by atoms with Crippen molar-refractivity contribution < 1.29 is 80.2 Å². The second kappa shape index (κ2) is 68.6. The number of aliphatic hydroxyl groups excluding tert-OH is 1. The van der Waals surface area contributed by atoms with E-state index in [0.717, 1.165) is 96.3 Å². The van der Waals surface area contributed by atoms with Gasteiger partial charge in [0.2, 0.25) is 0 Å². The summed E-state index contributed by atoms with van der Waals surface area (Å²) in [5, 5.41) is 10.6. The molecule has 0 radical (unpaired) electrons. The quantitative estimate of drug-likeness (QED) is 0.0222. The van der Waals surface area contributed by atoms with Crippen LogP contribution in [0.5, 0.6) is 0 Å². The Balaban J connectivity index is 5.09. The van der Waals surface area contributed by atoms with E-state index in [1.165, 1.54) is 218 Å². The average Bonchev–Trinajstić information content (AvgIpc) is 2.13. The number of unbranched alkanes of at least 4 members (excludes halogenated alkanes) is 49. The minimum atomic E-state index is -4.95. The first-order chi connectivity index (χ1) is 45.2. The molecule has 17 nitrogen and oxygen atoms in total. The topological polar surface area (TPSA) is 237 Å². The lowest BCUT2D eigenvalue weighted by molar-refractivity contribution is -0.161. The van der Waals surface area contributed by atoms with E-state index in [1.807, 2.05) is 0 Å². The number of rotatable bonds is 75. The number of phosphoric acid groups is 2. The number of ether oxygens (including phenoxy) is 4. The first kappa shape index (κ1) is 91.1. The summed E-state index contributed by atoms with van der Waals surface area (Å²) in [5.74, 6) is -2.13. The van der Waals surface area contributed by atoms with Crippen molar-refractivity contribution in [2.75, 3.05) is 39.6 Å². The highest BCUT2D eigenvalue weighted by molar-refractivity contribution is 7.47. The number of carbonyl (C=O) groups is 4. The van der Waals surface area contributed by atoms with Crippen LogP contribution in [0.4, 0.5) is 0 Å². The van der Waals surface area contributed by atoms with Gasteiger partial charge in [0.15, 0.2) is 12.2 Å². The van der Waals surface area contributed by atoms with Crippen LogP contribution in [0.1, 0.15) is 394 Å². The van der Waals surface area contributed by atoms with Crippen LogP contribution in [-0.2, 0) is 65.4 Å². The predicted molar refractivity (Wildman–Crippen MR) is 377 cm³/mol. The van der Waals surface area contributed by atoms with E-state index in [1.54, 1.807) is 0 Å². The van der Waals surface area contributed by atoms with E-state index in [2.05, 4.69) is 27.7 Å². The Bertz CT molecular complexity index is 1770. The molecule has 2 unspecified atom stereocenters. The maximum Gasteiger partial charge on any atom is 0.472 e. The van der Waals surface area contributed by atoms with E-state index in [0.29, 0.717) is 25.7 Å². The van der Waals surface area contributed by atoms with Gasteiger partial charge in [0.1, 0.15) is 19.3 Å². The Morgan fingerprint density at radius 1 is 0.258 bits per heavy atom. The molecule has 0 aromatic rings. The molecule has 93 heavy (non-hydrogen) atoms. The smallest absolute Gasteiger partial charge is 0.462 e. The van der Waals surface area contributed by atoms with Gasteiger partial charge >= 0.3 is 39.5 Å². The zero-order chi connectivity index (χ0) is 68.2. The zero-order valence-electron chi connectivity index (χ0n) is 60.2. The molecular formula is C74H144O17P2. The molecule has 19 heteroatoms. The molecule has 0 heterocycles. The predicted octanol–water partition coefficient (Wildman–Crippen LogP) is 21.8. The van der Waals surface area contributed by atoms with E-state index >= 15 is 0 Å². The van der Waals surface area contributed by atoms with Gasteiger partial charge in [0, 0.05) is 25.7 Å². The number of hydrogen-bond donors (Lipinski definition) is 3. The molecule has 0 aromatic heterocycles. The lowest BCUT2D eigenvalue weighted by Gasteiger charge is -2.21. The highest BCUT2D eigenvalue weighted by atomic mass is 31.2. The Morgan fingerprint density at radius 2 is 0.430 bits per heavy atom. The van der Waals surface area contributed by atoms with Crippen molar-refractivity contribution in [3.8, 4) is 0 Å². The van der Waals surface area contributed by atoms with Crippen LogP contribution in [0.15, 0.2) is 0 Å². The normalized spacial score (nSPS) is 13.9. The van der Waals surface area contributed by atoms with Gasteiger partial charge in [-0.15, -0.1) is 0 Å². The maximum atomic E-state index is 13.1. The third-order valence-electron chi connectivity index (χ3n) is 17.4. The lowest BCUT2D eigenvalue weighted by Crippen LogP contribution is -2.30. The first-order valence-electron chi connectivity index (χ1n) is 38.8. The third-order valence-corrected chi connectivity index (χ3v) is 19.3. The molecule has 0 saturated carbocycles.